The summed E-state index contributed by atoms with van der Waals surface area (Å²) >= 11 is 0. The fourth-order valence-electron chi connectivity index (χ4n) is 10.7. The molecule has 0 radical (unpaired) electrons. The number of ketones is 1. The van der Waals surface area contributed by atoms with E-state index in [0.29, 0.717) is 11.4 Å². The van der Waals surface area contributed by atoms with E-state index in [0.717, 1.165) is 64.6 Å². The monoisotopic (exact) mass is 694 g/mol. The van der Waals surface area contributed by atoms with Gasteiger partial charge in [0.05, 0.1) is 11.4 Å². The SMILES string of the molecule is O=C(/C=C(\OB(F)F)c1[nH]cc2c3ccc4ccc5ccc6ccc(c12)c1c6c5c4c31)c1[nH]cc2c3ccc4ccc5ccc6ccc(c12)c1c6c5c4c31. The summed E-state index contributed by atoms with van der Waals surface area (Å²) in [5.74, 6) is -0.656. The van der Waals surface area contributed by atoms with Crippen LogP contribution in [0.1, 0.15) is 16.2 Å². The smallest absolute Gasteiger partial charge is 0.503 e. The lowest BCUT2D eigenvalue weighted by Gasteiger charge is -2.12. The van der Waals surface area contributed by atoms with Crippen molar-refractivity contribution in [2.45, 2.75) is 0 Å². The number of rotatable bonds is 5. The molecule has 0 fully saturated rings. The highest BCUT2D eigenvalue weighted by Crippen LogP contribution is 2.53. The molecule has 2 aromatic heterocycles. The summed E-state index contributed by atoms with van der Waals surface area (Å²) in [5.41, 5.74) is 0.679. The van der Waals surface area contributed by atoms with Crippen molar-refractivity contribution in [3.63, 3.8) is 0 Å². The number of allylic oxidation sites excluding steroid dienone is 1. The Balaban J connectivity index is 1.05. The van der Waals surface area contributed by atoms with Crippen LogP contribution < -0.4 is 0 Å². The lowest BCUT2D eigenvalue weighted by molar-refractivity contribution is 0.104. The molecule has 14 rings (SSSR count). The molecule has 0 saturated heterocycles. The number of nitrogens with one attached hydrogen (secondary N) is 2. The molecule has 0 spiro atoms. The van der Waals surface area contributed by atoms with Crippen LogP contribution in [0, 0.1) is 0 Å². The number of fused-ring (bicyclic) bond motifs is 6. The molecule has 0 saturated carbocycles. The number of hydrogen-bond donors (Lipinski definition) is 2. The molecule has 54 heavy (non-hydrogen) atoms. The Labute approximate surface area is 302 Å². The molecule has 0 aliphatic heterocycles. The fraction of sp³-hybridized carbons (Fsp3) is 0. The van der Waals surface area contributed by atoms with Gasteiger partial charge in [-0.05, 0) is 108 Å². The average Bonchev–Trinajstić information content (AvgIpc) is 3.99. The number of benzene rings is 10. The van der Waals surface area contributed by atoms with Crippen LogP contribution in [0.2, 0.25) is 0 Å². The molecule has 0 aliphatic carbocycles. The summed E-state index contributed by atoms with van der Waals surface area (Å²) in [4.78, 5) is 21.1. The molecule has 14 aromatic rings. The normalized spacial score (nSPS) is 13.6. The van der Waals surface area contributed by atoms with Crippen LogP contribution in [0.4, 0.5) is 8.63 Å². The van der Waals surface area contributed by atoms with Gasteiger partial charge >= 0.3 is 7.47 Å². The predicted octanol–water partition coefficient (Wildman–Crippen LogP) is 13.0. The quantitative estimate of drug-likeness (QED) is 0.0619. The van der Waals surface area contributed by atoms with Gasteiger partial charge in [-0.1, -0.05) is 97.1 Å². The van der Waals surface area contributed by atoms with Crippen LogP contribution in [-0.4, -0.2) is 23.2 Å². The first-order valence-corrected chi connectivity index (χ1v) is 18.1. The Morgan fingerprint density at radius 2 is 0.759 bits per heavy atom. The molecule has 0 bridgehead atoms. The van der Waals surface area contributed by atoms with Crippen molar-refractivity contribution in [2.75, 3.05) is 0 Å². The first kappa shape index (κ1) is 27.6. The number of carbonyl (C=O) groups is 1. The van der Waals surface area contributed by atoms with Gasteiger partial charge in [-0.3, -0.25) is 4.79 Å². The third-order valence-electron chi connectivity index (χ3n) is 12.6. The van der Waals surface area contributed by atoms with Crippen LogP contribution in [0.25, 0.3) is 135 Å². The van der Waals surface area contributed by atoms with Gasteiger partial charge < -0.3 is 14.6 Å². The van der Waals surface area contributed by atoms with Crippen molar-refractivity contribution in [3.8, 4) is 0 Å². The molecule has 7 heteroatoms. The van der Waals surface area contributed by atoms with Crippen molar-refractivity contribution in [1.82, 2.24) is 9.97 Å². The van der Waals surface area contributed by atoms with Crippen LogP contribution in [0.5, 0.6) is 0 Å². The van der Waals surface area contributed by atoms with E-state index in [-0.39, 0.29) is 5.76 Å². The largest absolute Gasteiger partial charge is 0.796 e. The van der Waals surface area contributed by atoms with Crippen LogP contribution in [-0.2, 0) is 4.65 Å². The zero-order valence-electron chi connectivity index (χ0n) is 28.1. The maximum absolute atomic E-state index is 14.6. The maximum atomic E-state index is 14.6. The summed E-state index contributed by atoms with van der Waals surface area (Å²) in [6, 6.07) is 34.2. The number of aromatic amines is 2. The van der Waals surface area contributed by atoms with Crippen molar-refractivity contribution in [2.24, 2.45) is 0 Å². The second-order valence-electron chi connectivity index (χ2n) is 15.0. The molecule has 2 N–H and O–H groups in total. The van der Waals surface area contributed by atoms with Crippen LogP contribution in [0.3, 0.4) is 0 Å². The summed E-state index contributed by atoms with van der Waals surface area (Å²) in [6.07, 6.45) is 4.96. The number of carbonyl (C=O) groups excluding carboxylic acids is 1. The Kier molecular flexibility index (Phi) is 4.59. The van der Waals surface area contributed by atoms with Gasteiger partial charge in [0.2, 0.25) is 5.78 Å². The van der Waals surface area contributed by atoms with Crippen molar-refractivity contribution in [1.29, 1.82) is 0 Å². The van der Waals surface area contributed by atoms with Gasteiger partial charge in [0.1, 0.15) is 5.76 Å². The van der Waals surface area contributed by atoms with Crippen molar-refractivity contribution in [3.05, 3.63) is 127 Å². The summed E-state index contributed by atoms with van der Waals surface area (Å²) in [5, 5.41) is 26.2. The maximum Gasteiger partial charge on any atom is 0.796 e. The van der Waals surface area contributed by atoms with Crippen LogP contribution >= 0.6 is 0 Å². The molecular formula is C47H21BF2N2O2. The lowest BCUT2D eigenvalue weighted by Crippen LogP contribution is -2.07. The molecular weight excluding hydrogens is 673 g/mol. The topological polar surface area (TPSA) is 57.9 Å². The minimum absolute atomic E-state index is 0.208. The second kappa shape index (κ2) is 8.96. The third-order valence-corrected chi connectivity index (χ3v) is 12.6. The van der Waals surface area contributed by atoms with Gasteiger partial charge in [0, 0.05) is 40.0 Å². The molecule has 4 nitrogen and oxygen atoms in total. The predicted molar refractivity (Wildman–Crippen MR) is 220 cm³/mol. The minimum Gasteiger partial charge on any atom is -0.503 e. The first-order chi connectivity index (χ1) is 26.5. The molecule has 0 atom stereocenters. The molecule has 248 valence electrons. The Morgan fingerprint density at radius 1 is 0.426 bits per heavy atom. The summed E-state index contributed by atoms with van der Waals surface area (Å²) in [7, 11) is -3.15. The highest BCUT2D eigenvalue weighted by atomic mass is 19.2. The Morgan fingerprint density at radius 3 is 1.19 bits per heavy atom. The number of halogens is 2. The molecule has 0 amide bonds. The van der Waals surface area contributed by atoms with E-state index in [9.17, 15) is 13.4 Å². The van der Waals surface area contributed by atoms with Gasteiger partial charge in [-0.25, -0.2) is 8.63 Å². The minimum atomic E-state index is -3.15. The van der Waals surface area contributed by atoms with Gasteiger partial charge in [0.15, 0.2) is 0 Å². The van der Waals surface area contributed by atoms with Crippen LogP contribution in [0.15, 0.2) is 116 Å². The second-order valence-corrected chi connectivity index (χ2v) is 15.0. The van der Waals surface area contributed by atoms with E-state index < -0.39 is 13.3 Å². The van der Waals surface area contributed by atoms with Gasteiger partial charge in [-0.2, -0.15) is 0 Å². The zero-order chi connectivity index (χ0) is 35.3. The third kappa shape index (κ3) is 2.98. The van der Waals surface area contributed by atoms with E-state index >= 15 is 0 Å². The first-order valence-electron chi connectivity index (χ1n) is 18.1. The standard InChI is InChI=1S/C47H21BF2N2O2/c49-48(50)54-33(47-41-29-16-12-25-8-4-21-2-6-23-10-14-27(31(41)19-52-47)43-37(23)35(21)39(25)45(29)43)17-32(53)46-40-28-15-11-24-7-3-20-1-5-22-9-13-26(30(40)18-51-46)42-36(22)34(20)38(24)44(28)42/h1-19,51-52H/b33-17-. The Hall–Kier alpha value is -6.99. The Bertz CT molecular complexity index is 3920. The highest BCUT2D eigenvalue weighted by Gasteiger charge is 2.29. The zero-order valence-corrected chi connectivity index (χ0v) is 28.1. The molecule has 0 aliphatic rings. The molecule has 2 heterocycles. The van der Waals surface area contributed by atoms with E-state index in [1.165, 1.54) is 70.7 Å². The average molecular weight is 695 g/mol. The molecule has 0 unspecified atom stereocenters. The van der Waals surface area contributed by atoms with E-state index in [2.05, 4.69) is 107 Å². The van der Waals surface area contributed by atoms with Crippen molar-refractivity contribution < 1.29 is 18.1 Å². The summed E-state index contributed by atoms with van der Waals surface area (Å²) in [6.45, 7) is 0. The molecule has 12 aromatic carbocycles. The summed E-state index contributed by atoms with van der Waals surface area (Å²) < 4.78 is 34.1. The highest BCUT2D eigenvalue weighted by molar-refractivity contribution is 6.50. The van der Waals surface area contributed by atoms with E-state index in [1.54, 1.807) is 0 Å². The van der Waals surface area contributed by atoms with Gasteiger partial charge in [0.25, 0.3) is 0 Å². The van der Waals surface area contributed by atoms with E-state index in [4.69, 9.17) is 4.65 Å². The van der Waals surface area contributed by atoms with E-state index in [1.807, 2.05) is 12.4 Å². The number of hydrogen-bond acceptors (Lipinski definition) is 2. The number of H-pyrrole nitrogens is 2. The fourth-order valence-corrected chi connectivity index (χ4v) is 10.7. The lowest BCUT2D eigenvalue weighted by atomic mass is 9.93. The number of aromatic nitrogens is 2. The van der Waals surface area contributed by atoms with Crippen molar-refractivity contribution >= 4 is 148 Å². The van der Waals surface area contributed by atoms with Gasteiger partial charge in [-0.15, -0.1) is 0 Å².